The second kappa shape index (κ2) is 2.41. The fourth-order valence-electron chi connectivity index (χ4n) is 2.55. The first kappa shape index (κ1) is 6.45. The van der Waals surface area contributed by atoms with Crippen molar-refractivity contribution in [3.05, 3.63) is 18.6 Å². The molecule has 0 amide bonds. The molecule has 0 spiro atoms. The Hall–Kier alpha value is -0.260. The van der Waals surface area contributed by atoms with Gasteiger partial charge in [-0.3, -0.25) is 0 Å². The quantitative estimate of drug-likeness (QED) is 0.485. The van der Waals surface area contributed by atoms with Crippen LogP contribution < -0.4 is 0 Å². The van der Waals surface area contributed by atoms with E-state index in [9.17, 15) is 0 Å². The van der Waals surface area contributed by atoms with Gasteiger partial charge in [-0.1, -0.05) is 18.1 Å². The van der Waals surface area contributed by atoms with Crippen molar-refractivity contribution in [1.29, 1.82) is 0 Å². The number of fused-ring (bicyclic) bond motifs is 1. The molecule has 0 aromatic rings. The SMILES string of the molecule is [CH2]CC1=CCC2CCCC12. The lowest BCUT2D eigenvalue weighted by molar-refractivity contribution is 0.476. The van der Waals surface area contributed by atoms with Gasteiger partial charge in [0.2, 0.25) is 0 Å². The molecule has 2 aliphatic rings. The zero-order valence-electron chi connectivity index (χ0n) is 6.47. The molecule has 2 atom stereocenters. The molecule has 0 aromatic carbocycles. The van der Waals surface area contributed by atoms with E-state index in [1.165, 1.54) is 25.7 Å². The van der Waals surface area contributed by atoms with Crippen LogP contribution in [0.5, 0.6) is 0 Å². The van der Waals surface area contributed by atoms with Crippen LogP contribution in [0.15, 0.2) is 11.6 Å². The fourth-order valence-corrected chi connectivity index (χ4v) is 2.55. The van der Waals surface area contributed by atoms with Crippen LogP contribution in [0, 0.1) is 18.8 Å². The van der Waals surface area contributed by atoms with Gasteiger partial charge in [0.1, 0.15) is 0 Å². The molecule has 55 valence electrons. The van der Waals surface area contributed by atoms with Crippen molar-refractivity contribution in [3.63, 3.8) is 0 Å². The summed E-state index contributed by atoms with van der Waals surface area (Å²) in [7, 11) is 0. The summed E-state index contributed by atoms with van der Waals surface area (Å²) in [4.78, 5) is 0. The van der Waals surface area contributed by atoms with Gasteiger partial charge in [0, 0.05) is 0 Å². The highest BCUT2D eigenvalue weighted by atomic mass is 14.4. The highest BCUT2D eigenvalue weighted by Gasteiger charge is 2.32. The largest absolute Gasteiger partial charge is 0.0847 e. The van der Waals surface area contributed by atoms with E-state index in [2.05, 4.69) is 13.0 Å². The van der Waals surface area contributed by atoms with Gasteiger partial charge < -0.3 is 0 Å². The van der Waals surface area contributed by atoms with E-state index in [0.717, 1.165) is 18.3 Å². The Morgan fingerprint density at radius 3 is 3.20 bits per heavy atom. The maximum absolute atomic E-state index is 3.96. The van der Waals surface area contributed by atoms with Gasteiger partial charge in [0.05, 0.1) is 0 Å². The van der Waals surface area contributed by atoms with E-state index in [0.29, 0.717) is 0 Å². The van der Waals surface area contributed by atoms with Crippen molar-refractivity contribution in [2.45, 2.75) is 32.1 Å². The minimum Gasteiger partial charge on any atom is -0.0847 e. The molecule has 2 unspecified atom stereocenters. The van der Waals surface area contributed by atoms with Gasteiger partial charge in [0.15, 0.2) is 0 Å². The van der Waals surface area contributed by atoms with Crippen molar-refractivity contribution < 1.29 is 0 Å². The Balaban J connectivity index is 2.10. The van der Waals surface area contributed by atoms with Crippen LogP contribution in [0.4, 0.5) is 0 Å². The van der Waals surface area contributed by atoms with Crippen LogP contribution in [0.1, 0.15) is 32.1 Å². The Bertz CT molecular complexity index is 155. The van der Waals surface area contributed by atoms with Crippen molar-refractivity contribution >= 4 is 0 Å². The lowest BCUT2D eigenvalue weighted by atomic mass is 9.94. The van der Waals surface area contributed by atoms with Crippen LogP contribution in [-0.4, -0.2) is 0 Å². The van der Waals surface area contributed by atoms with Gasteiger partial charge in [-0.25, -0.2) is 0 Å². The third-order valence-electron chi connectivity index (χ3n) is 3.11. The zero-order chi connectivity index (χ0) is 6.97. The molecule has 2 rings (SSSR count). The summed E-state index contributed by atoms with van der Waals surface area (Å²) in [6.45, 7) is 3.96. The predicted octanol–water partition coefficient (Wildman–Crippen LogP) is 2.96. The van der Waals surface area contributed by atoms with Gasteiger partial charge >= 0.3 is 0 Å². The molecule has 1 saturated carbocycles. The van der Waals surface area contributed by atoms with Crippen LogP contribution in [0.3, 0.4) is 0 Å². The summed E-state index contributed by atoms with van der Waals surface area (Å²) in [6, 6.07) is 0. The van der Waals surface area contributed by atoms with Crippen LogP contribution in [0.25, 0.3) is 0 Å². The minimum atomic E-state index is 0.956. The Morgan fingerprint density at radius 1 is 1.50 bits per heavy atom. The molecule has 2 aliphatic carbocycles. The molecular weight excluding hydrogens is 120 g/mol. The van der Waals surface area contributed by atoms with E-state index < -0.39 is 0 Å². The maximum Gasteiger partial charge on any atom is -0.0172 e. The molecule has 0 N–H and O–H groups in total. The van der Waals surface area contributed by atoms with Gasteiger partial charge in [-0.05, 0) is 44.4 Å². The molecule has 1 radical (unpaired) electrons. The summed E-state index contributed by atoms with van der Waals surface area (Å²) in [5.74, 6) is 1.98. The zero-order valence-corrected chi connectivity index (χ0v) is 6.47. The summed E-state index contributed by atoms with van der Waals surface area (Å²) in [5, 5.41) is 0. The lowest BCUT2D eigenvalue weighted by Gasteiger charge is -2.11. The average molecular weight is 135 g/mol. The third-order valence-corrected chi connectivity index (χ3v) is 3.11. The highest BCUT2D eigenvalue weighted by molar-refractivity contribution is 5.17. The molecule has 0 aliphatic heterocycles. The summed E-state index contributed by atoms with van der Waals surface area (Å²) in [6.07, 6.45) is 9.24. The normalized spacial score (nSPS) is 37.9. The Morgan fingerprint density at radius 2 is 2.40 bits per heavy atom. The first-order chi connectivity index (χ1) is 4.92. The lowest BCUT2D eigenvalue weighted by Crippen LogP contribution is -2.02. The number of allylic oxidation sites excluding steroid dienone is 2. The van der Waals surface area contributed by atoms with E-state index in [1.54, 1.807) is 5.57 Å². The van der Waals surface area contributed by atoms with Crippen molar-refractivity contribution in [2.75, 3.05) is 0 Å². The van der Waals surface area contributed by atoms with E-state index >= 15 is 0 Å². The molecule has 10 heavy (non-hydrogen) atoms. The monoisotopic (exact) mass is 135 g/mol. The fraction of sp³-hybridized carbons (Fsp3) is 0.700. The van der Waals surface area contributed by atoms with Crippen LogP contribution in [0.2, 0.25) is 0 Å². The first-order valence-corrected chi connectivity index (χ1v) is 4.40. The smallest absolute Gasteiger partial charge is 0.0172 e. The molecule has 0 heterocycles. The van der Waals surface area contributed by atoms with E-state index in [4.69, 9.17) is 0 Å². The van der Waals surface area contributed by atoms with Crippen molar-refractivity contribution in [2.24, 2.45) is 11.8 Å². The van der Waals surface area contributed by atoms with Gasteiger partial charge in [-0.2, -0.15) is 0 Å². The van der Waals surface area contributed by atoms with E-state index in [1.807, 2.05) is 0 Å². The third kappa shape index (κ3) is 0.817. The molecule has 0 heteroatoms. The highest BCUT2D eigenvalue weighted by Crippen LogP contribution is 2.44. The topological polar surface area (TPSA) is 0 Å². The Labute approximate surface area is 63.3 Å². The summed E-state index contributed by atoms with van der Waals surface area (Å²) in [5.41, 5.74) is 1.66. The standard InChI is InChI=1S/C10H15/c1-2-8-6-7-9-4-3-5-10(8)9/h6,9-10H,1-5,7H2. The molecule has 0 aromatic heterocycles. The molecule has 1 fully saturated rings. The first-order valence-electron chi connectivity index (χ1n) is 4.40. The predicted molar refractivity (Wildman–Crippen MR) is 43.5 cm³/mol. The van der Waals surface area contributed by atoms with Gasteiger partial charge in [-0.15, -0.1) is 0 Å². The van der Waals surface area contributed by atoms with Crippen molar-refractivity contribution in [3.8, 4) is 0 Å². The number of rotatable bonds is 1. The molecule has 0 saturated heterocycles. The Kier molecular flexibility index (Phi) is 1.55. The molecule has 0 bridgehead atoms. The van der Waals surface area contributed by atoms with Crippen molar-refractivity contribution in [1.82, 2.24) is 0 Å². The van der Waals surface area contributed by atoms with Gasteiger partial charge in [0.25, 0.3) is 0 Å². The minimum absolute atomic E-state index is 0.956. The number of hydrogen-bond donors (Lipinski definition) is 0. The second-order valence-corrected chi connectivity index (χ2v) is 3.56. The molecule has 0 nitrogen and oxygen atoms in total. The average Bonchev–Trinajstić information content (AvgIpc) is 2.44. The maximum atomic E-state index is 3.96. The van der Waals surface area contributed by atoms with E-state index in [-0.39, 0.29) is 0 Å². The van der Waals surface area contributed by atoms with Crippen LogP contribution >= 0.6 is 0 Å². The second-order valence-electron chi connectivity index (χ2n) is 3.56. The summed E-state index contributed by atoms with van der Waals surface area (Å²) >= 11 is 0. The summed E-state index contributed by atoms with van der Waals surface area (Å²) < 4.78 is 0. The number of hydrogen-bond acceptors (Lipinski definition) is 0. The molecular formula is C10H15. The van der Waals surface area contributed by atoms with Crippen LogP contribution in [-0.2, 0) is 0 Å².